The van der Waals surface area contributed by atoms with Crippen molar-refractivity contribution in [3.05, 3.63) is 89.8 Å². The molecular weight excluding hydrogens is 476 g/mol. The Morgan fingerprint density at radius 2 is 1.74 bits per heavy atom. The van der Waals surface area contributed by atoms with Gasteiger partial charge in [-0.2, -0.15) is 0 Å². The fourth-order valence-electron chi connectivity index (χ4n) is 3.92. The first-order valence-electron chi connectivity index (χ1n) is 10.9. The largest absolute Gasteiger partial charge is 0.480 e. The number of hydrogen-bond donors (Lipinski definition) is 1. The number of nitrogens with zero attached hydrogens (tertiary/aromatic N) is 3. The van der Waals surface area contributed by atoms with Gasteiger partial charge < -0.3 is 9.67 Å². The van der Waals surface area contributed by atoms with E-state index in [2.05, 4.69) is 4.98 Å². The number of carboxylic acid groups (broad SMARTS) is 1. The molecule has 7 nitrogen and oxygen atoms in total. The summed E-state index contributed by atoms with van der Waals surface area (Å²) >= 11 is 0. The average Bonchev–Trinajstić information content (AvgIpc) is 3.15. The van der Waals surface area contributed by atoms with E-state index in [0.29, 0.717) is 35.3 Å². The number of aromatic nitrogens is 2. The van der Waals surface area contributed by atoms with Crippen molar-refractivity contribution in [1.29, 1.82) is 0 Å². The Kier molecular flexibility index (Phi) is 6.83. The lowest BCUT2D eigenvalue weighted by Gasteiger charge is -2.25. The lowest BCUT2D eigenvalue weighted by atomic mass is 10.2. The van der Waals surface area contributed by atoms with Crippen molar-refractivity contribution < 1.29 is 27.1 Å². The molecule has 0 unspecified atom stereocenters. The Bertz CT molecular complexity index is 1480. The van der Waals surface area contributed by atoms with E-state index < -0.39 is 27.6 Å². The van der Waals surface area contributed by atoms with E-state index in [1.54, 1.807) is 22.8 Å². The molecule has 0 radical (unpaired) electrons. The Morgan fingerprint density at radius 3 is 2.40 bits per heavy atom. The topological polar surface area (TPSA) is 92.5 Å². The summed E-state index contributed by atoms with van der Waals surface area (Å²) in [5.41, 5.74) is 1.48. The average molecular weight is 500 g/mol. The Balaban J connectivity index is 1.94. The van der Waals surface area contributed by atoms with Crippen molar-refractivity contribution in [2.75, 3.05) is 4.31 Å². The van der Waals surface area contributed by atoms with Crippen LogP contribution in [0, 0.1) is 11.6 Å². The smallest absolute Gasteiger partial charge is 0.323 e. The second-order valence-electron chi connectivity index (χ2n) is 8.00. The second kappa shape index (κ2) is 9.83. The van der Waals surface area contributed by atoms with Crippen molar-refractivity contribution in [2.45, 2.75) is 37.8 Å². The molecule has 4 aromatic rings. The number of para-hydroxylation sites is 1. The molecule has 0 aliphatic carbocycles. The van der Waals surface area contributed by atoms with Crippen LogP contribution in [-0.4, -0.2) is 29.0 Å². The number of carbonyl (C=O) groups is 1. The zero-order chi connectivity index (χ0) is 25.2. The molecule has 10 heteroatoms. The lowest BCUT2D eigenvalue weighted by molar-refractivity contribution is -0.137. The Hall–Kier alpha value is -3.79. The molecule has 0 aliphatic rings. The van der Waals surface area contributed by atoms with Crippen LogP contribution in [0.15, 0.2) is 71.6 Å². The van der Waals surface area contributed by atoms with Crippen LogP contribution < -0.4 is 4.31 Å². The quantitative estimate of drug-likeness (QED) is 0.359. The van der Waals surface area contributed by atoms with Crippen LogP contribution >= 0.6 is 0 Å². The van der Waals surface area contributed by atoms with Gasteiger partial charge in [-0.15, -0.1) is 0 Å². The van der Waals surface area contributed by atoms with Gasteiger partial charge in [-0.3, -0.25) is 9.10 Å². The minimum absolute atomic E-state index is 0.173. The molecule has 0 fully saturated rings. The van der Waals surface area contributed by atoms with Gasteiger partial charge in [0.05, 0.1) is 22.6 Å². The molecular formula is C25H23F2N3O4S. The van der Waals surface area contributed by atoms with Gasteiger partial charge in [0.15, 0.2) is 0 Å². The summed E-state index contributed by atoms with van der Waals surface area (Å²) in [6, 6.07) is 14.9. The third kappa shape index (κ3) is 5.02. The number of rotatable bonds is 9. The summed E-state index contributed by atoms with van der Waals surface area (Å²) in [5, 5.41) is 9.42. The van der Waals surface area contributed by atoms with Gasteiger partial charge in [-0.05, 0) is 54.4 Å². The number of hydrogen-bond acceptors (Lipinski definition) is 4. The first-order valence-corrected chi connectivity index (χ1v) is 12.4. The number of aliphatic carboxylic acids is 1. The van der Waals surface area contributed by atoms with Crippen molar-refractivity contribution in [3.63, 3.8) is 0 Å². The molecule has 0 saturated carbocycles. The summed E-state index contributed by atoms with van der Waals surface area (Å²) < 4.78 is 57.6. The standard InChI is InChI=1S/C25H23F2N3O4S/c1-2-5-23-28-25-21(29(23)16-24(31)32)8-4-9-22(25)30(15-17-10-12-18(26)13-11-17)35(33,34)20-7-3-6-19(27)14-20/h3-4,6-14H,2,5,15-16H2,1H3,(H,31,32). The zero-order valence-electron chi connectivity index (χ0n) is 18.9. The van der Waals surface area contributed by atoms with E-state index in [1.165, 1.54) is 36.4 Å². The van der Waals surface area contributed by atoms with E-state index in [9.17, 15) is 27.1 Å². The van der Waals surface area contributed by atoms with Crippen LogP contribution in [0.3, 0.4) is 0 Å². The summed E-state index contributed by atoms with van der Waals surface area (Å²) in [7, 11) is -4.28. The van der Waals surface area contributed by atoms with Gasteiger partial charge in [0.25, 0.3) is 10.0 Å². The van der Waals surface area contributed by atoms with Crippen molar-refractivity contribution in [3.8, 4) is 0 Å². The number of carboxylic acids is 1. The highest BCUT2D eigenvalue weighted by atomic mass is 32.2. The Labute approximate surface area is 201 Å². The normalized spacial score (nSPS) is 11.6. The highest BCUT2D eigenvalue weighted by Gasteiger charge is 2.29. The van der Waals surface area contributed by atoms with Gasteiger partial charge >= 0.3 is 5.97 Å². The summed E-state index contributed by atoms with van der Waals surface area (Å²) in [6.07, 6.45) is 1.20. The molecule has 0 aliphatic heterocycles. The van der Waals surface area contributed by atoms with E-state index >= 15 is 0 Å². The monoisotopic (exact) mass is 499 g/mol. The summed E-state index contributed by atoms with van der Waals surface area (Å²) in [4.78, 5) is 15.9. The van der Waals surface area contributed by atoms with E-state index in [0.717, 1.165) is 16.4 Å². The molecule has 4 rings (SSSR count). The van der Waals surface area contributed by atoms with Crippen LogP contribution in [0.5, 0.6) is 0 Å². The SMILES string of the molecule is CCCc1nc2c(N(Cc3ccc(F)cc3)S(=O)(=O)c3cccc(F)c3)cccc2n1CC(=O)O. The molecule has 0 atom stereocenters. The minimum atomic E-state index is -4.28. The molecule has 1 aromatic heterocycles. The maximum atomic E-state index is 14.0. The Morgan fingerprint density at radius 1 is 1.03 bits per heavy atom. The van der Waals surface area contributed by atoms with Gasteiger partial charge in [0.2, 0.25) is 0 Å². The van der Waals surface area contributed by atoms with Gasteiger partial charge in [0.1, 0.15) is 29.5 Å². The predicted molar refractivity (Wildman–Crippen MR) is 128 cm³/mol. The molecule has 0 amide bonds. The zero-order valence-corrected chi connectivity index (χ0v) is 19.7. The van der Waals surface area contributed by atoms with Crippen molar-refractivity contribution in [2.24, 2.45) is 0 Å². The minimum Gasteiger partial charge on any atom is -0.480 e. The van der Waals surface area contributed by atoms with Crippen LogP contribution in [0.2, 0.25) is 0 Å². The van der Waals surface area contributed by atoms with Gasteiger partial charge in [-0.25, -0.2) is 22.2 Å². The van der Waals surface area contributed by atoms with Crippen LogP contribution in [0.4, 0.5) is 14.5 Å². The maximum absolute atomic E-state index is 14.0. The van der Waals surface area contributed by atoms with Crippen LogP contribution in [-0.2, 0) is 34.3 Å². The van der Waals surface area contributed by atoms with Gasteiger partial charge in [0, 0.05) is 6.42 Å². The number of sulfonamides is 1. The second-order valence-corrected chi connectivity index (χ2v) is 9.86. The summed E-state index contributed by atoms with van der Waals surface area (Å²) in [6.45, 7) is 1.43. The molecule has 1 N–H and O–H groups in total. The number of halogens is 2. The number of anilines is 1. The lowest BCUT2D eigenvalue weighted by Crippen LogP contribution is -2.31. The van der Waals surface area contributed by atoms with Crippen LogP contribution in [0.25, 0.3) is 11.0 Å². The summed E-state index contributed by atoms with van der Waals surface area (Å²) in [5.74, 6) is -1.71. The molecule has 0 saturated heterocycles. The third-order valence-corrected chi connectivity index (χ3v) is 7.25. The molecule has 0 spiro atoms. The highest BCUT2D eigenvalue weighted by molar-refractivity contribution is 7.92. The van der Waals surface area contributed by atoms with Gasteiger partial charge in [-0.1, -0.05) is 31.2 Å². The maximum Gasteiger partial charge on any atom is 0.323 e. The first kappa shape index (κ1) is 24.3. The fourth-order valence-corrected chi connectivity index (χ4v) is 5.41. The number of aryl methyl sites for hydroxylation is 1. The van der Waals surface area contributed by atoms with E-state index in [4.69, 9.17) is 0 Å². The van der Waals surface area contributed by atoms with Crippen molar-refractivity contribution in [1.82, 2.24) is 9.55 Å². The molecule has 0 bridgehead atoms. The van der Waals surface area contributed by atoms with E-state index in [1.807, 2.05) is 6.92 Å². The predicted octanol–water partition coefficient (Wildman–Crippen LogP) is 4.75. The molecule has 3 aromatic carbocycles. The molecule has 1 heterocycles. The number of benzene rings is 3. The third-order valence-electron chi connectivity index (χ3n) is 5.50. The van der Waals surface area contributed by atoms with Crippen LogP contribution in [0.1, 0.15) is 24.7 Å². The van der Waals surface area contributed by atoms with E-state index in [-0.39, 0.29) is 23.7 Å². The fraction of sp³-hybridized carbons (Fsp3) is 0.200. The molecule has 182 valence electrons. The highest BCUT2D eigenvalue weighted by Crippen LogP contribution is 2.33. The number of imidazole rings is 1. The molecule has 35 heavy (non-hydrogen) atoms. The van der Waals surface area contributed by atoms with Crippen molar-refractivity contribution >= 4 is 32.7 Å². The number of fused-ring (bicyclic) bond motifs is 1. The first-order chi connectivity index (χ1) is 16.7.